The number of nitrogens with zero attached hydrogens (tertiary/aromatic N) is 2. The number of unbranched alkanes of at least 4 members (excludes halogenated alkanes) is 46. The van der Waals surface area contributed by atoms with Crippen molar-refractivity contribution in [3.05, 3.63) is 0 Å². The maximum atomic E-state index is 13.8. The molecule has 0 spiro atoms. The van der Waals surface area contributed by atoms with Crippen LogP contribution in [0.4, 0.5) is 0 Å². The van der Waals surface area contributed by atoms with E-state index in [0.29, 0.717) is 52.2 Å². The number of esters is 4. The zero-order valence-corrected chi connectivity index (χ0v) is 74.9. The van der Waals surface area contributed by atoms with Gasteiger partial charge >= 0.3 is 23.9 Å². The SMILES string of the molecule is CCCCCCCCCCCOC(=O)CCCCCN(CCCCCCCC(=O)OC(CCCCCCCC)CCCCCCCC)CCNC(=O)CCC(=O)NCCN(CCCCCCC(C)(C)C(=O)OC(CCCCCCCC)CCCCCCCC)CCCCC(C)(C)C(=O)OCCCCCCCCCCC. The summed E-state index contributed by atoms with van der Waals surface area (Å²) in [7, 11) is 0. The van der Waals surface area contributed by atoms with Gasteiger partial charge in [0.15, 0.2) is 0 Å². The van der Waals surface area contributed by atoms with E-state index in [0.717, 1.165) is 206 Å². The molecule has 0 aromatic rings. The molecule has 110 heavy (non-hydrogen) atoms. The summed E-state index contributed by atoms with van der Waals surface area (Å²) in [4.78, 5) is 84.4. The smallest absolute Gasteiger partial charge is 0.311 e. The van der Waals surface area contributed by atoms with Crippen molar-refractivity contribution >= 4 is 35.7 Å². The molecule has 0 aromatic heterocycles. The van der Waals surface area contributed by atoms with Gasteiger partial charge in [0.25, 0.3) is 0 Å². The van der Waals surface area contributed by atoms with Crippen molar-refractivity contribution in [3.8, 4) is 0 Å². The Balaban J connectivity index is 5.61. The highest BCUT2D eigenvalue weighted by atomic mass is 16.6. The van der Waals surface area contributed by atoms with Crippen LogP contribution in [0.3, 0.4) is 0 Å². The second kappa shape index (κ2) is 79.6. The van der Waals surface area contributed by atoms with E-state index >= 15 is 0 Å². The molecule has 0 radical (unpaired) electrons. The Morgan fingerprint density at radius 3 is 0.900 bits per heavy atom. The van der Waals surface area contributed by atoms with Crippen LogP contribution < -0.4 is 10.6 Å². The molecule has 0 heterocycles. The van der Waals surface area contributed by atoms with Crippen LogP contribution in [0.1, 0.15) is 493 Å². The molecule has 0 saturated heterocycles. The molecule has 0 atom stereocenters. The number of carbonyl (C=O) groups is 6. The normalized spacial score (nSPS) is 11.9. The summed E-state index contributed by atoms with van der Waals surface area (Å²) in [6, 6.07) is 0. The van der Waals surface area contributed by atoms with E-state index in [1.807, 2.05) is 13.8 Å². The van der Waals surface area contributed by atoms with Crippen LogP contribution in [0.5, 0.6) is 0 Å². The minimum absolute atomic E-state index is 0.0153. The molecule has 0 aromatic carbocycles. The Morgan fingerprint density at radius 1 is 0.264 bits per heavy atom. The van der Waals surface area contributed by atoms with Crippen LogP contribution in [0, 0.1) is 10.8 Å². The molecule has 0 aliphatic rings. The largest absolute Gasteiger partial charge is 0.466 e. The zero-order valence-electron chi connectivity index (χ0n) is 74.9. The average molecular weight is 1560 g/mol. The standard InChI is InChI=1S/C96H186N4O10/c1-11-17-23-29-35-37-39-50-65-85-107-91(103)71-58-52-63-81-99(79-61-48-41-46-57-72-92(104)109-87(67-53-42-31-25-19-13-3)68-54-43-32-26-20-14-4)83-77-97-89(101)73-74-90(102)98-78-84-100(82-64-60-76-95(7,8)93(105)108-86-66-51-40-38-36-30-24-18-12-2)80-62-49-47-59-75-96(9,10)94(106)110-88(69-55-44-33-27-21-15-5)70-56-45-34-28-22-16-6/h87-88H,11-86H2,1-10H3,(H,97,101)(H,98,102). The summed E-state index contributed by atoms with van der Waals surface area (Å²) >= 11 is 0. The Kier molecular flexibility index (Phi) is 77.2. The van der Waals surface area contributed by atoms with E-state index in [-0.39, 0.29) is 60.7 Å². The first-order valence-corrected chi connectivity index (χ1v) is 48.2. The van der Waals surface area contributed by atoms with Gasteiger partial charge in [-0.25, -0.2) is 0 Å². The lowest BCUT2D eigenvalue weighted by Crippen LogP contribution is -2.38. The molecule has 0 aliphatic carbocycles. The molecule has 0 rings (SSSR count). The molecule has 14 nitrogen and oxygen atoms in total. The van der Waals surface area contributed by atoms with Gasteiger partial charge in [0, 0.05) is 51.9 Å². The summed E-state index contributed by atoms with van der Waals surface area (Å²) in [6.45, 7) is 28.7. The molecular weight excluding hydrogens is 1370 g/mol. The van der Waals surface area contributed by atoms with Crippen LogP contribution in [0.15, 0.2) is 0 Å². The number of carbonyl (C=O) groups excluding carboxylic acids is 6. The maximum absolute atomic E-state index is 13.8. The topological polar surface area (TPSA) is 170 Å². The third-order valence-electron chi connectivity index (χ3n) is 23.0. The van der Waals surface area contributed by atoms with Crippen molar-refractivity contribution in [2.24, 2.45) is 10.8 Å². The Morgan fingerprint density at radius 2 is 0.527 bits per heavy atom. The zero-order chi connectivity index (χ0) is 80.8. The number of nitrogens with one attached hydrogen (secondary N) is 2. The van der Waals surface area contributed by atoms with Crippen molar-refractivity contribution < 1.29 is 47.7 Å². The summed E-state index contributed by atoms with van der Waals surface area (Å²) in [5, 5.41) is 6.25. The first-order chi connectivity index (χ1) is 53.5. The third kappa shape index (κ3) is 71.3. The van der Waals surface area contributed by atoms with Crippen molar-refractivity contribution in [1.29, 1.82) is 0 Å². The lowest BCUT2D eigenvalue weighted by atomic mass is 9.86. The number of hydrogen-bond donors (Lipinski definition) is 2. The third-order valence-corrected chi connectivity index (χ3v) is 23.0. The highest BCUT2D eigenvalue weighted by Gasteiger charge is 2.32. The molecule has 0 fully saturated rings. The van der Waals surface area contributed by atoms with E-state index in [9.17, 15) is 28.8 Å². The highest BCUT2D eigenvalue weighted by molar-refractivity contribution is 5.83. The van der Waals surface area contributed by atoms with E-state index in [1.165, 1.54) is 218 Å². The van der Waals surface area contributed by atoms with Gasteiger partial charge in [0.1, 0.15) is 12.2 Å². The summed E-state index contributed by atoms with van der Waals surface area (Å²) < 4.78 is 23.9. The van der Waals surface area contributed by atoms with Crippen molar-refractivity contribution in [2.45, 2.75) is 505 Å². The maximum Gasteiger partial charge on any atom is 0.311 e. The van der Waals surface area contributed by atoms with Crippen LogP contribution >= 0.6 is 0 Å². The molecule has 650 valence electrons. The molecule has 2 N–H and O–H groups in total. The second-order valence-electron chi connectivity index (χ2n) is 35.0. The van der Waals surface area contributed by atoms with Crippen molar-refractivity contribution in [2.75, 3.05) is 65.6 Å². The van der Waals surface area contributed by atoms with Gasteiger partial charge < -0.3 is 39.4 Å². The first-order valence-electron chi connectivity index (χ1n) is 48.2. The fraction of sp³-hybridized carbons (Fsp3) is 0.938. The van der Waals surface area contributed by atoms with Crippen LogP contribution in [0.2, 0.25) is 0 Å². The van der Waals surface area contributed by atoms with Gasteiger partial charge in [-0.1, -0.05) is 324 Å². The minimum Gasteiger partial charge on any atom is -0.466 e. The fourth-order valence-corrected chi connectivity index (χ4v) is 15.2. The van der Waals surface area contributed by atoms with Gasteiger partial charge in [-0.05, 0) is 169 Å². The average Bonchev–Trinajstić information content (AvgIpc) is 0.844. The van der Waals surface area contributed by atoms with Gasteiger partial charge in [-0.3, -0.25) is 28.8 Å². The Hall–Kier alpha value is -3.26. The Bertz CT molecular complexity index is 2040. The van der Waals surface area contributed by atoms with Gasteiger partial charge in [0.05, 0.1) is 24.0 Å². The summed E-state index contributed by atoms with van der Waals surface area (Å²) in [5.74, 6) is -0.506. The van der Waals surface area contributed by atoms with E-state index in [2.05, 4.69) is 75.8 Å². The van der Waals surface area contributed by atoms with Crippen LogP contribution in [0.25, 0.3) is 0 Å². The van der Waals surface area contributed by atoms with E-state index in [1.54, 1.807) is 0 Å². The number of hydrogen-bond acceptors (Lipinski definition) is 12. The quantitative estimate of drug-likeness (QED) is 0.0336. The van der Waals surface area contributed by atoms with Gasteiger partial charge in [-0.15, -0.1) is 0 Å². The first kappa shape index (κ1) is 107. The summed E-state index contributed by atoms with van der Waals surface area (Å²) in [6.07, 6.45) is 72.5. The minimum atomic E-state index is -0.553. The molecule has 14 heteroatoms. The molecule has 0 bridgehead atoms. The predicted molar refractivity (Wildman–Crippen MR) is 467 cm³/mol. The Labute approximate surface area is 681 Å². The van der Waals surface area contributed by atoms with Crippen molar-refractivity contribution in [1.82, 2.24) is 20.4 Å². The van der Waals surface area contributed by atoms with Crippen molar-refractivity contribution in [3.63, 3.8) is 0 Å². The van der Waals surface area contributed by atoms with E-state index < -0.39 is 10.8 Å². The number of rotatable bonds is 87. The van der Waals surface area contributed by atoms with E-state index in [4.69, 9.17) is 18.9 Å². The molecule has 0 saturated carbocycles. The number of amides is 2. The van der Waals surface area contributed by atoms with Crippen LogP contribution in [-0.4, -0.2) is 123 Å². The number of ether oxygens (including phenoxy) is 4. The fourth-order valence-electron chi connectivity index (χ4n) is 15.2. The lowest BCUT2D eigenvalue weighted by molar-refractivity contribution is -0.161. The highest BCUT2D eigenvalue weighted by Crippen LogP contribution is 2.30. The molecule has 2 amide bonds. The monoisotopic (exact) mass is 1560 g/mol. The lowest BCUT2D eigenvalue weighted by Gasteiger charge is -2.27. The molecular formula is C96H186N4O10. The molecule has 0 unspecified atom stereocenters. The summed E-state index contributed by atoms with van der Waals surface area (Å²) in [5.41, 5.74) is -1.08. The molecule has 0 aliphatic heterocycles. The second-order valence-corrected chi connectivity index (χ2v) is 35.0. The van der Waals surface area contributed by atoms with Gasteiger partial charge in [0.2, 0.25) is 11.8 Å². The van der Waals surface area contributed by atoms with Gasteiger partial charge in [-0.2, -0.15) is 0 Å². The van der Waals surface area contributed by atoms with Crippen LogP contribution in [-0.2, 0) is 47.7 Å². The predicted octanol–water partition coefficient (Wildman–Crippen LogP) is 26.7.